The normalized spacial score (nSPS) is 18.7. The Bertz CT molecular complexity index is 799. The van der Waals surface area contributed by atoms with E-state index in [4.69, 9.17) is 4.74 Å². The summed E-state index contributed by atoms with van der Waals surface area (Å²) in [5.41, 5.74) is 4.05. The number of carbonyl (C=O) groups excluding carboxylic acids is 1. The second kappa shape index (κ2) is 7.50. The number of aryl methyl sites for hydroxylation is 2. The number of rotatable bonds is 4. The number of amides is 1. The molecule has 1 aromatic heterocycles. The summed E-state index contributed by atoms with van der Waals surface area (Å²) in [7, 11) is 3.59. The molecule has 26 heavy (non-hydrogen) atoms. The fraction of sp³-hybridized carbons (Fsp3) is 0.500. The number of piperazine rings is 1. The number of hydrogen-bond acceptors (Lipinski definition) is 4. The quantitative estimate of drug-likeness (QED) is 0.913. The third-order valence-electron chi connectivity index (χ3n) is 5.39. The highest BCUT2D eigenvalue weighted by Crippen LogP contribution is 2.33. The zero-order valence-corrected chi connectivity index (χ0v) is 16.2. The van der Waals surface area contributed by atoms with E-state index in [1.54, 1.807) is 7.11 Å². The van der Waals surface area contributed by atoms with E-state index >= 15 is 0 Å². The molecule has 3 rings (SSSR count). The molecule has 2 heterocycles. The lowest BCUT2D eigenvalue weighted by molar-refractivity contribution is -0.135. The van der Waals surface area contributed by atoms with Crippen molar-refractivity contribution >= 4 is 5.91 Å². The molecule has 1 saturated heterocycles. The molecule has 6 nitrogen and oxygen atoms in total. The van der Waals surface area contributed by atoms with Gasteiger partial charge < -0.3 is 15.0 Å². The van der Waals surface area contributed by atoms with Gasteiger partial charge in [0.1, 0.15) is 5.75 Å². The third kappa shape index (κ3) is 3.21. The minimum atomic E-state index is -0.223. The lowest BCUT2D eigenvalue weighted by atomic mass is 9.94. The van der Waals surface area contributed by atoms with Crippen LogP contribution in [0.4, 0.5) is 0 Å². The maximum atomic E-state index is 13.4. The summed E-state index contributed by atoms with van der Waals surface area (Å²) in [5, 5.41) is 7.89. The van der Waals surface area contributed by atoms with E-state index in [-0.39, 0.29) is 17.9 Å². The van der Waals surface area contributed by atoms with Gasteiger partial charge in [-0.05, 0) is 26.8 Å². The van der Waals surface area contributed by atoms with Gasteiger partial charge >= 0.3 is 0 Å². The fourth-order valence-electron chi connectivity index (χ4n) is 3.98. The Kier molecular flexibility index (Phi) is 5.32. The summed E-state index contributed by atoms with van der Waals surface area (Å²) in [4.78, 5) is 15.4. The molecule has 2 aromatic rings. The topological polar surface area (TPSA) is 59.4 Å². The summed E-state index contributed by atoms with van der Waals surface area (Å²) < 4.78 is 7.39. The number of methoxy groups -OCH3 is 1. The molecule has 2 atom stereocenters. The Labute approximate surface area is 155 Å². The smallest absolute Gasteiger partial charge is 0.230 e. The minimum absolute atomic E-state index is 0.0351. The summed E-state index contributed by atoms with van der Waals surface area (Å²) in [5.74, 6) is 0.737. The minimum Gasteiger partial charge on any atom is -0.496 e. The molecule has 1 aliphatic heterocycles. The first-order chi connectivity index (χ1) is 12.5. The molecule has 0 saturated carbocycles. The van der Waals surface area contributed by atoms with E-state index in [0.29, 0.717) is 6.54 Å². The molecule has 0 radical (unpaired) electrons. The first-order valence-corrected chi connectivity index (χ1v) is 9.10. The predicted octanol–water partition coefficient (Wildman–Crippen LogP) is 2.32. The molecule has 1 aromatic carbocycles. The maximum Gasteiger partial charge on any atom is 0.230 e. The Morgan fingerprint density at radius 3 is 2.73 bits per heavy atom. The average molecular weight is 356 g/mol. The molecule has 1 fully saturated rings. The zero-order chi connectivity index (χ0) is 18.8. The van der Waals surface area contributed by atoms with Crippen LogP contribution in [0.2, 0.25) is 0 Å². The molecular formula is C20H28N4O2. The molecule has 140 valence electrons. The van der Waals surface area contributed by atoms with Gasteiger partial charge in [0.05, 0.1) is 24.8 Å². The number of ether oxygens (including phenoxy) is 1. The average Bonchev–Trinajstić information content (AvgIpc) is 2.92. The van der Waals surface area contributed by atoms with Crippen LogP contribution in [0.3, 0.4) is 0 Å². The van der Waals surface area contributed by atoms with Crippen LogP contribution in [-0.2, 0) is 11.8 Å². The lowest BCUT2D eigenvalue weighted by Gasteiger charge is -2.38. The van der Waals surface area contributed by atoms with Crippen LogP contribution in [0.5, 0.6) is 5.75 Å². The van der Waals surface area contributed by atoms with Crippen molar-refractivity contribution in [1.82, 2.24) is 20.0 Å². The van der Waals surface area contributed by atoms with Gasteiger partial charge in [-0.1, -0.05) is 18.2 Å². The Morgan fingerprint density at radius 2 is 2.08 bits per heavy atom. The van der Waals surface area contributed by atoms with E-state index < -0.39 is 0 Å². The summed E-state index contributed by atoms with van der Waals surface area (Å²) >= 11 is 0. The zero-order valence-electron chi connectivity index (χ0n) is 16.2. The van der Waals surface area contributed by atoms with E-state index in [0.717, 1.165) is 41.4 Å². The van der Waals surface area contributed by atoms with Crippen LogP contribution in [0.15, 0.2) is 24.3 Å². The number of para-hydroxylation sites is 1. The number of carbonyl (C=O) groups is 1. The Hall–Kier alpha value is -2.34. The Morgan fingerprint density at radius 1 is 1.35 bits per heavy atom. The number of benzene rings is 1. The monoisotopic (exact) mass is 356 g/mol. The largest absolute Gasteiger partial charge is 0.496 e. The van der Waals surface area contributed by atoms with Crippen molar-refractivity contribution in [3.63, 3.8) is 0 Å². The van der Waals surface area contributed by atoms with Crippen molar-refractivity contribution in [3.8, 4) is 5.75 Å². The highest BCUT2D eigenvalue weighted by molar-refractivity contribution is 5.84. The van der Waals surface area contributed by atoms with Crippen molar-refractivity contribution < 1.29 is 9.53 Å². The first kappa shape index (κ1) is 18.5. The van der Waals surface area contributed by atoms with Gasteiger partial charge in [0.15, 0.2) is 0 Å². The van der Waals surface area contributed by atoms with Crippen LogP contribution in [0.1, 0.15) is 41.4 Å². The summed E-state index contributed by atoms with van der Waals surface area (Å²) in [6.45, 7) is 8.19. The van der Waals surface area contributed by atoms with Gasteiger partial charge in [0.2, 0.25) is 5.91 Å². The molecular weight excluding hydrogens is 328 g/mol. The van der Waals surface area contributed by atoms with Crippen LogP contribution < -0.4 is 10.1 Å². The van der Waals surface area contributed by atoms with E-state index in [9.17, 15) is 4.79 Å². The summed E-state index contributed by atoms with van der Waals surface area (Å²) in [6.07, 6.45) is 0. The van der Waals surface area contributed by atoms with Crippen molar-refractivity contribution in [2.45, 2.75) is 32.7 Å². The van der Waals surface area contributed by atoms with Crippen LogP contribution in [-0.4, -0.2) is 47.3 Å². The highest BCUT2D eigenvalue weighted by Gasteiger charge is 2.34. The van der Waals surface area contributed by atoms with Crippen LogP contribution in [0, 0.1) is 13.8 Å². The maximum absolute atomic E-state index is 13.4. The van der Waals surface area contributed by atoms with Gasteiger partial charge in [0.25, 0.3) is 0 Å². The van der Waals surface area contributed by atoms with Crippen molar-refractivity contribution in [1.29, 1.82) is 0 Å². The standard InChI is InChI=1S/C20H28N4O2/c1-13(19-14(2)22-23(4)15(19)3)20(25)24-11-10-21-12-17(24)16-8-6-7-9-18(16)26-5/h6-9,13,17,21H,10-12H2,1-5H3. The van der Waals surface area contributed by atoms with Crippen LogP contribution in [0.25, 0.3) is 0 Å². The SMILES string of the molecule is COc1ccccc1C1CNCCN1C(=O)C(C)c1c(C)nn(C)c1C. The van der Waals surface area contributed by atoms with E-state index in [1.807, 2.05) is 61.7 Å². The van der Waals surface area contributed by atoms with E-state index in [1.165, 1.54) is 0 Å². The number of nitrogens with zero attached hydrogens (tertiary/aromatic N) is 3. The number of hydrogen-bond donors (Lipinski definition) is 1. The van der Waals surface area contributed by atoms with Crippen molar-refractivity contribution in [2.24, 2.45) is 7.05 Å². The van der Waals surface area contributed by atoms with Gasteiger partial charge in [-0.2, -0.15) is 5.10 Å². The lowest BCUT2D eigenvalue weighted by Crippen LogP contribution is -2.50. The van der Waals surface area contributed by atoms with Gasteiger partial charge in [-0.3, -0.25) is 9.48 Å². The van der Waals surface area contributed by atoms with Crippen molar-refractivity contribution in [2.75, 3.05) is 26.7 Å². The second-order valence-corrected chi connectivity index (χ2v) is 6.92. The van der Waals surface area contributed by atoms with Gasteiger partial charge in [0, 0.05) is 43.5 Å². The van der Waals surface area contributed by atoms with Gasteiger partial charge in [-0.15, -0.1) is 0 Å². The molecule has 1 amide bonds. The third-order valence-corrected chi connectivity index (χ3v) is 5.39. The first-order valence-electron chi connectivity index (χ1n) is 9.10. The predicted molar refractivity (Wildman–Crippen MR) is 101 cm³/mol. The molecule has 2 unspecified atom stereocenters. The van der Waals surface area contributed by atoms with Gasteiger partial charge in [-0.25, -0.2) is 0 Å². The second-order valence-electron chi connectivity index (χ2n) is 6.92. The van der Waals surface area contributed by atoms with Crippen LogP contribution >= 0.6 is 0 Å². The molecule has 1 N–H and O–H groups in total. The van der Waals surface area contributed by atoms with E-state index in [2.05, 4.69) is 10.4 Å². The molecule has 0 spiro atoms. The molecule has 1 aliphatic rings. The molecule has 0 bridgehead atoms. The highest BCUT2D eigenvalue weighted by atomic mass is 16.5. The summed E-state index contributed by atoms with van der Waals surface area (Å²) in [6, 6.07) is 7.91. The molecule has 6 heteroatoms. The molecule has 0 aliphatic carbocycles. The fourth-order valence-corrected chi connectivity index (χ4v) is 3.98. The number of nitrogens with one attached hydrogen (secondary N) is 1. The van der Waals surface area contributed by atoms with Crippen molar-refractivity contribution in [3.05, 3.63) is 46.8 Å². The number of aromatic nitrogens is 2. The Balaban J connectivity index is 1.93.